The van der Waals surface area contributed by atoms with Crippen LogP contribution in [0, 0.1) is 6.92 Å². The van der Waals surface area contributed by atoms with Crippen molar-refractivity contribution in [2.75, 3.05) is 37.3 Å². The number of nitrogens with two attached hydrogens (primary N) is 1. The molecule has 174 valence electrons. The van der Waals surface area contributed by atoms with Gasteiger partial charge in [0.2, 0.25) is 0 Å². The third kappa shape index (κ3) is 4.72. The molecule has 0 bridgehead atoms. The molecule has 0 radical (unpaired) electrons. The number of aromatic nitrogens is 3. The summed E-state index contributed by atoms with van der Waals surface area (Å²) in [7, 11) is 0. The Bertz CT molecular complexity index is 1360. The minimum Gasteiger partial charge on any atom is -0.492 e. The number of nitrogens with one attached hydrogen (secondary N) is 2. The number of aromatic amines is 1. The molecule has 0 spiro atoms. The van der Waals surface area contributed by atoms with E-state index in [-0.39, 0.29) is 5.56 Å². The monoisotopic (exact) mass is 456 g/mol. The maximum atomic E-state index is 12.6. The van der Waals surface area contributed by atoms with E-state index in [1.54, 1.807) is 18.5 Å². The molecule has 0 saturated carbocycles. The molecule has 0 atom stereocenters. The highest BCUT2D eigenvalue weighted by Crippen LogP contribution is 2.29. The topological polar surface area (TPSA) is 109 Å². The molecule has 5 rings (SSSR count). The maximum absolute atomic E-state index is 12.6. The fourth-order valence-electron chi connectivity index (χ4n) is 4.33. The van der Waals surface area contributed by atoms with Crippen LogP contribution in [0.15, 0.2) is 59.7 Å². The van der Waals surface area contributed by atoms with Crippen LogP contribution in [0.5, 0.6) is 5.75 Å². The number of anilines is 3. The van der Waals surface area contributed by atoms with E-state index in [0.29, 0.717) is 29.3 Å². The van der Waals surface area contributed by atoms with E-state index >= 15 is 0 Å². The van der Waals surface area contributed by atoms with E-state index in [1.807, 2.05) is 43.3 Å². The molecule has 8 heteroatoms. The SMILES string of the molecule is Cc1cc(Nc2nc(-c3ccc(N)nc3)cc3cc[nH]c(=O)c23)ccc1OCCN1CCCC1. The average Bonchev–Trinajstić information content (AvgIpc) is 3.34. The summed E-state index contributed by atoms with van der Waals surface area (Å²) in [4.78, 5) is 26.7. The fourth-order valence-corrected chi connectivity index (χ4v) is 4.33. The van der Waals surface area contributed by atoms with E-state index in [9.17, 15) is 4.79 Å². The van der Waals surface area contributed by atoms with Gasteiger partial charge >= 0.3 is 0 Å². The summed E-state index contributed by atoms with van der Waals surface area (Å²) in [6, 6.07) is 13.3. The number of fused-ring (bicyclic) bond motifs is 1. The fraction of sp³-hybridized carbons (Fsp3) is 0.269. The van der Waals surface area contributed by atoms with Crippen molar-refractivity contribution in [1.29, 1.82) is 0 Å². The molecular weight excluding hydrogens is 428 g/mol. The molecule has 1 aliphatic heterocycles. The number of rotatable bonds is 7. The Morgan fingerprint density at radius 3 is 2.76 bits per heavy atom. The first-order valence-corrected chi connectivity index (χ1v) is 11.5. The molecule has 4 heterocycles. The smallest absolute Gasteiger partial charge is 0.259 e. The molecule has 1 fully saturated rings. The van der Waals surface area contributed by atoms with Gasteiger partial charge in [-0.2, -0.15) is 0 Å². The van der Waals surface area contributed by atoms with Gasteiger partial charge < -0.3 is 20.8 Å². The van der Waals surface area contributed by atoms with Gasteiger partial charge in [0.15, 0.2) is 0 Å². The van der Waals surface area contributed by atoms with Gasteiger partial charge in [-0.25, -0.2) is 9.97 Å². The number of hydrogen-bond donors (Lipinski definition) is 3. The summed E-state index contributed by atoms with van der Waals surface area (Å²) in [5.74, 6) is 1.79. The Balaban J connectivity index is 1.41. The summed E-state index contributed by atoms with van der Waals surface area (Å²) in [6.45, 7) is 5.97. The van der Waals surface area contributed by atoms with Crippen LogP contribution >= 0.6 is 0 Å². The number of nitrogen functional groups attached to an aromatic ring is 1. The first kappa shape index (κ1) is 21.9. The number of aryl methyl sites for hydroxylation is 1. The summed E-state index contributed by atoms with van der Waals surface area (Å²) < 4.78 is 6.02. The highest BCUT2D eigenvalue weighted by atomic mass is 16.5. The number of benzene rings is 1. The van der Waals surface area contributed by atoms with Crippen LogP contribution in [0.25, 0.3) is 22.0 Å². The predicted molar refractivity (Wildman–Crippen MR) is 136 cm³/mol. The van der Waals surface area contributed by atoms with Crippen molar-refractivity contribution in [3.05, 3.63) is 70.8 Å². The lowest BCUT2D eigenvalue weighted by Crippen LogP contribution is -2.25. The van der Waals surface area contributed by atoms with Gasteiger partial charge in [-0.1, -0.05) is 0 Å². The third-order valence-corrected chi connectivity index (χ3v) is 6.14. The molecule has 0 aliphatic carbocycles. The molecule has 0 amide bonds. The van der Waals surface area contributed by atoms with Gasteiger partial charge in [-0.15, -0.1) is 0 Å². The number of nitrogens with zero attached hydrogens (tertiary/aromatic N) is 3. The number of ether oxygens (including phenoxy) is 1. The molecule has 8 nitrogen and oxygen atoms in total. The molecule has 0 unspecified atom stereocenters. The van der Waals surface area contributed by atoms with E-state index in [1.165, 1.54) is 12.8 Å². The predicted octanol–water partition coefficient (Wildman–Crippen LogP) is 4.09. The largest absolute Gasteiger partial charge is 0.492 e. The molecule has 3 aromatic heterocycles. The normalized spacial score (nSPS) is 13.9. The van der Waals surface area contributed by atoms with Crippen LogP contribution in [0.2, 0.25) is 0 Å². The van der Waals surface area contributed by atoms with E-state index < -0.39 is 0 Å². The second kappa shape index (κ2) is 9.52. The van der Waals surface area contributed by atoms with E-state index in [2.05, 4.69) is 20.2 Å². The lowest BCUT2D eigenvalue weighted by molar-refractivity contribution is 0.237. The van der Waals surface area contributed by atoms with Crippen LogP contribution in [0.4, 0.5) is 17.3 Å². The number of likely N-dealkylation sites (tertiary alicyclic amines) is 1. The van der Waals surface area contributed by atoms with Crippen molar-refractivity contribution >= 4 is 28.1 Å². The van der Waals surface area contributed by atoms with Gasteiger partial charge in [-0.05, 0) is 86.3 Å². The van der Waals surface area contributed by atoms with Crippen molar-refractivity contribution in [2.24, 2.45) is 0 Å². The van der Waals surface area contributed by atoms with Crippen molar-refractivity contribution in [1.82, 2.24) is 19.9 Å². The Kier molecular flexibility index (Phi) is 6.14. The van der Waals surface area contributed by atoms with Crippen molar-refractivity contribution in [3.8, 4) is 17.0 Å². The highest BCUT2D eigenvalue weighted by Gasteiger charge is 2.13. The van der Waals surface area contributed by atoms with Gasteiger partial charge in [-0.3, -0.25) is 9.69 Å². The standard InChI is InChI=1S/C26H28N6O2/c1-17-14-20(5-6-22(17)34-13-12-32-10-2-3-11-32)30-25-24-18(8-9-28-26(24)33)15-21(31-25)19-4-7-23(27)29-16-19/h4-9,14-16H,2-3,10-13H2,1H3,(H2,27,29)(H,28,33)(H,30,31). The summed E-state index contributed by atoms with van der Waals surface area (Å²) in [5, 5.41) is 4.62. The lowest BCUT2D eigenvalue weighted by Gasteiger charge is -2.16. The van der Waals surface area contributed by atoms with Crippen molar-refractivity contribution < 1.29 is 4.74 Å². The van der Waals surface area contributed by atoms with Crippen LogP contribution in [-0.2, 0) is 0 Å². The van der Waals surface area contributed by atoms with Gasteiger partial charge in [0.25, 0.3) is 5.56 Å². The second-order valence-corrected chi connectivity index (χ2v) is 8.60. The zero-order valence-electron chi connectivity index (χ0n) is 19.2. The molecule has 34 heavy (non-hydrogen) atoms. The molecule has 1 saturated heterocycles. The lowest BCUT2D eigenvalue weighted by atomic mass is 10.1. The van der Waals surface area contributed by atoms with Gasteiger partial charge in [0.1, 0.15) is 24.0 Å². The molecular formula is C26H28N6O2. The number of H-pyrrole nitrogens is 1. The maximum Gasteiger partial charge on any atom is 0.259 e. The van der Waals surface area contributed by atoms with Crippen LogP contribution in [0.3, 0.4) is 0 Å². The highest BCUT2D eigenvalue weighted by molar-refractivity contribution is 5.95. The van der Waals surface area contributed by atoms with Gasteiger partial charge in [0, 0.05) is 30.2 Å². The summed E-state index contributed by atoms with van der Waals surface area (Å²) >= 11 is 0. The van der Waals surface area contributed by atoms with E-state index in [4.69, 9.17) is 15.5 Å². The van der Waals surface area contributed by atoms with E-state index in [0.717, 1.165) is 47.6 Å². The Morgan fingerprint density at radius 1 is 1.15 bits per heavy atom. The molecule has 1 aliphatic rings. The van der Waals surface area contributed by atoms with Gasteiger partial charge in [0.05, 0.1) is 11.1 Å². The van der Waals surface area contributed by atoms with Crippen molar-refractivity contribution in [3.63, 3.8) is 0 Å². The molecule has 1 aromatic carbocycles. The average molecular weight is 457 g/mol. The van der Waals surface area contributed by atoms with Crippen molar-refractivity contribution in [2.45, 2.75) is 19.8 Å². The number of pyridine rings is 3. The Hall–Kier alpha value is -3.91. The summed E-state index contributed by atoms with van der Waals surface area (Å²) in [5.41, 5.74) is 8.90. The third-order valence-electron chi connectivity index (χ3n) is 6.14. The second-order valence-electron chi connectivity index (χ2n) is 8.60. The van der Waals surface area contributed by atoms with Crippen LogP contribution < -0.4 is 21.3 Å². The minimum atomic E-state index is -0.201. The first-order chi connectivity index (χ1) is 16.6. The quantitative estimate of drug-likeness (QED) is 0.384. The zero-order chi connectivity index (χ0) is 23.5. The Morgan fingerprint density at radius 2 is 2.00 bits per heavy atom. The first-order valence-electron chi connectivity index (χ1n) is 11.5. The number of hydrogen-bond acceptors (Lipinski definition) is 7. The molecule has 4 aromatic rings. The summed E-state index contributed by atoms with van der Waals surface area (Å²) in [6.07, 6.45) is 5.87. The zero-order valence-corrected chi connectivity index (χ0v) is 19.2. The van der Waals surface area contributed by atoms with Crippen LogP contribution in [-0.4, -0.2) is 46.1 Å². The van der Waals surface area contributed by atoms with Crippen LogP contribution in [0.1, 0.15) is 18.4 Å². The Labute approximate surface area is 197 Å². The molecule has 4 N–H and O–H groups in total. The minimum absolute atomic E-state index is 0.201.